The van der Waals surface area contributed by atoms with Gasteiger partial charge >= 0.3 is 5.97 Å². The molecule has 0 aliphatic heterocycles. The number of ether oxygens (including phenoxy) is 1. The number of carbonyl (C=O) groups excluding carboxylic acids is 1. The van der Waals surface area contributed by atoms with Crippen LogP contribution in [0.15, 0.2) is 78.4 Å². The molecule has 3 rings (SSSR count). The van der Waals surface area contributed by atoms with E-state index in [1.807, 2.05) is 72.8 Å². The van der Waals surface area contributed by atoms with Crippen molar-refractivity contribution in [2.45, 2.75) is 0 Å². The highest BCUT2D eigenvalue weighted by atomic mass is 16.5. The van der Waals surface area contributed by atoms with Gasteiger partial charge in [-0.05, 0) is 28.5 Å². The second-order valence-corrected chi connectivity index (χ2v) is 5.24. The first-order chi connectivity index (χ1) is 11.8. The standard InChI is InChI=1S/C22H16O2/c1-24-22(23)20(16-17-8-3-2-4-9-17)15-14-19-12-7-11-18-10-5-6-13-21(18)19/h2-13,16H,1H3. The van der Waals surface area contributed by atoms with Gasteiger partial charge in [-0.3, -0.25) is 0 Å². The molecule has 0 bridgehead atoms. The molecular weight excluding hydrogens is 296 g/mol. The Balaban J connectivity index is 2.04. The summed E-state index contributed by atoms with van der Waals surface area (Å²) in [5, 5.41) is 2.19. The van der Waals surface area contributed by atoms with E-state index in [4.69, 9.17) is 4.74 Å². The average molecular weight is 312 g/mol. The maximum Gasteiger partial charge on any atom is 0.346 e. The molecule has 0 fully saturated rings. The molecule has 0 aromatic heterocycles. The largest absolute Gasteiger partial charge is 0.465 e. The number of benzene rings is 3. The van der Waals surface area contributed by atoms with Gasteiger partial charge in [0, 0.05) is 5.56 Å². The van der Waals surface area contributed by atoms with E-state index in [-0.39, 0.29) is 0 Å². The molecule has 0 saturated carbocycles. The smallest absolute Gasteiger partial charge is 0.346 e. The lowest BCUT2D eigenvalue weighted by molar-refractivity contribution is -0.135. The van der Waals surface area contributed by atoms with E-state index in [1.165, 1.54) is 7.11 Å². The van der Waals surface area contributed by atoms with Crippen LogP contribution in [0.5, 0.6) is 0 Å². The van der Waals surface area contributed by atoms with Crippen molar-refractivity contribution in [3.8, 4) is 11.8 Å². The lowest BCUT2D eigenvalue weighted by atomic mass is 10.0. The van der Waals surface area contributed by atoms with Gasteiger partial charge in [-0.25, -0.2) is 4.79 Å². The Labute approximate surface area is 141 Å². The highest BCUT2D eigenvalue weighted by Crippen LogP contribution is 2.17. The minimum absolute atomic E-state index is 0.330. The summed E-state index contributed by atoms with van der Waals surface area (Å²) in [5.74, 6) is 5.63. The van der Waals surface area contributed by atoms with E-state index in [1.54, 1.807) is 6.08 Å². The lowest BCUT2D eigenvalue weighted by Gasteiger charge is -2.01. The summed E-state index contributed by atoms with van der Waals surface area (Å²) in [4.78, 5) is 12.0. The van der Waals surface area contributed by atoms with Gasteiger partial charge in [0.2, 0.25) is 0 Å². The van der Waals surface area contributed by atoms with Gasteiger partial charge in [-0.15, -0.1) is 0 Å². The van der Waals surface area contributed by atoms with Crippen LogP contribution < -0.4 is 0 Å². The van der Waals surface area contributed by atoms with Gasteiger partial charge in [0.15, 0.2) is 0 Å². The van der Waals surface area contributed by atoms with E-state index < -0.39 is 5.97 Å². The van der Waals surface area contributed by atoms with Crippen LogP contribution in [-0.2, 0) is 9.53 Å². The summed E-state index contributed by atoms with van der Waals surface area (Å²) >= 11 is 0. The first kappa shape index (κ1) is 15.6. The van der Waals surface area contributed by atoms with Crippen LogP contribution in [0.25, 0.3) is 16.8 Å². The van der Waals surface area contributed by atoms with Crippen LogP contribution in [0.1, 0.15) is 11.1 Å². The molecule has 3 aromatic rings. The minimum atomic E-state index is -0.438. The van der Waals surface area contributed by atoms with E-state index in [0.29, 0.717) is 5.57 Å². The fourth-order valence-electron chi connectivity index (χ4n) is 2.44. The Hall–Kier alpha value is -3.31. The second-order valence-electron chi connectivity index (χ2n) is 5.24. The second kappa shape index (κ2) is 7.30. The van der Waals surface area contributed by atoms with Crippen LogP contribution in [0.3, 0.4) is 0 Å². The van der Waals surface area contributed by atoms with Gasteiger partial charge in [0.25, 0.3) is 0 Å². The molecule has 2 nitrogen and oxygen atoms in total. The van der Waals surface area contributed by atoms with E-state index >= 15 is 0 Å². The summed E-state index contributed by atoms with van der Waals surface area (Å²) < 4.78 is 4.85. The monoisotopic (exact) mass is 312 g/mol. The number of esters is 1. The Morgan fingerprint density at radius 3 is 2.42 bits per heavy atom. The molecule has 0 N–H and O–H groups in total. The number of hydrogen-bond donors (Lipinski definition) is 0. The molecule has 0 aliphatic rings. The summed E-state index contributed by atoms with van der Waals surface area (Å²) in [6.07, 6.45) is 1.74. The fourth-order valence-corrected chi connectivity index (χ4v) is 2.44. The van der Waals surface area contributed by atoms with Crippen molar-refractivity contribution in [3.63, 3.8) is 0 Å². The molecular formula is C22H16O2. The first-order valence-electron chi connectivity index (χ1n) is 7.63. The minimum Gasteiger partial charge on any atom is -0.465 e. The van der Waals surface area contributed by atoms with Crippen LogP contribution in [-0.4, -0.2) is 13.1 Å². The topological polar surface area (TPSA) is 26.3 Å². The lowest BCUT2D eigenvalue weighted by Crippen LogP contribution is -2.02. The zero-order chi connectivity index (χ0) is 16.8. The zero-order valence-corrected chi connectivity index (χ0v) is 13.3. The van der Waals surface area contributed by atoms with Gasteiger partial charge in [0.05, 0.1) is 7.11 Å². The number of methoxy groups -OCH3 is 1. The average Bonchev–Trinajstić information content (AvgIpc) is 2.65. The molecule has 2 heteroatoms. The van der Waals surface area contributed by atoms with Gasteiger partial charge in [0.1, 0.15) is 5.57 Å². The third-order valence-corrected chi connectivity index (χ3v) is 3.64. The van der Waals surface area contributed by atoms with Crippen molar-refractivity contribution < 1.29 is 9.53 Å². The van der Waals surface area contributed by atoms with Crippen LogP contribution in [0.4, 0.5) is 0 Å². The van der Waals surface area contributed by atoms with Crippen molar-refractivity contribution in [2.24, 2.45) is 0 Å². The molecule has 0 radical (unpaired) electrons. The molecule has 0 heterocycles. The fraction of sp³-hybridized carbons (Fsp3) is 0.0455. The summed E-state index contributed by atoms with van der Waals surface area (Å²) in [6, 6.07) is 23.6. The Kier molecular flexibility index (Phi) is 4.74. The molecule has 0 saturated heterocycles. The van der Waals surface area contributed by atoms with Crippen molar-refractivity contribution in [1.82, 2.24) is 0 Å². The van der Waals surface area contributed by atoms with Crippen LogP contribution >= 0.6 is 0 Å². The normalized spacial score (nSPS) is 10.8. The molecule has 0 spiro atoms. The Morgan fingerprint density at radius 1 is 0.917 bits per heavy atom. The predicted molar refractivity (Wildman–Crippen MR) is 97.3 cm³/mol. The van der Waals surface area contributed by atoms with E-state index in [2.05, 4.69) is 11.8 Å². The quantitative estimate of drug-likeness (QED) is 0.397. The molecule has 0 atom stereocenters. The van der Waals surface area contributed by atoms with E-state index in [9.17, 15) is 4.79 Å². The predicted octanol–water partition coefficient (Wildman–Crippen LogP) is 4.45. The first-order valence-corrected chi connectivity index (χ1v) is 7.63. The van der Waals surface area contributed by atoms with Gasteiger partial charge in [-0.1, -0.05) is 78.6 Å². The third kappa shape index (κ3) is 3.53. The molecule has 0 unspecified atom stereocenters. The highest BCUT2D eigenvalue weighted by Gasteiger charge is 2.07. The molecule has 24 heavy (non-hydrogen) atoms. The SMILES string of the molecule is COC(=O)C(C#Cc1cccc2ccccc12)=Cc1ccccc1. The number of hydrogen-bond acceptors (Lipinski definition) is 2. The van der Waals surface area contributed by atoms with E-state index in [0.717, 1.165) is 21.9 Å². The maximum absolute atomic E-state index is 12.0. The van der Waals surface area contributed by atoms with Crippen LogP contribution in [0, 0.1) is 11.8 Å². The molecule has 0 amide bonds. The summed E-state index contributed by atoms with van der Waals surface area (Å²) in [7, 11) is 1.36. The molecule has 0 aliphatic carbocycles. The van der Waals surface area contributed by atoms with Crippen molar-refractivity contribution in [2.75, 3.05) is 7.11 Å². The number of carbonyl (C=O) groups is 1. The Morgan fingerprint density at radius 2 is 1.62 bits per heavy atom. The summed E-state index contributed by atoms with van der Waals surface area (Å²) in [5.41, 5.74) is 2.12. The van der Waals surface area contributed by atoms with Crippen molar-refractivity contribution in [1.29, 1.82) is 0 Å². The van der Waals surface area contributed by atoms with Crippen molar-refractivity contribution >= 4 is 22.8 Å². The highest BCUT2D eigenvalue weighted by molar-refractivity contribution is 5.99. The molecule has 116 valence electrons. The molecule has 3 aromatic carbocycles. The summed E-state index contributed by atoms with van der Waals surface area (Å²) in [6.45, 7) is 0. The number of fused-ring (bicyclic) bond motifs is 1. The zero-order valence-electron chi connectivity index (χ0n) is 13.3. The van der Waals surface area contributed by atoms with Gasteiger partial charge in [-0.2, -0.15) is 0 Å². The van der Waals surface area contributed by atoms with Crippen LogP contribution in [0.2, 0.25) is 0 Å². The third-order valence-electron chi connectivity index (χ3n) is 3.64. The van der Waals surface area contributed by atoms with Gasteiger partial charge < -0.3 is 4.74 Å². The Bertz CT molecular complexity index is 952. The number of rotatable bonds is 2. The maximum atomic E-state index is 12.0. The van der Waals surface area contributed by atoms with Crippen molar-refractivity contribution in [3.05, 3.63) is 89.5 Å².